The minimum Gasteiger partial charge on any atom is -0.379 e. The van der Waals surface area contributed by atoms with Crippen molar-refractivity contribution in [2.75, 3.05) is 6.54 Å². The molecule has 286 valence electrons. The number of benzene rings is 3. The molecule has 0 atom stereocenters. The molecule has 0 amide bonds. The van der Waals surface area contributed by atoms with Crippen LogP contribution in [0.25, 0.3) is 28.2 Å². The molecule has 0 bridgehead atoms. The molecule has 0 radical (unpaired) electrons. The van der Waals surface area contributed by atoms with Crippen LogP contribution in [0.15, 0.2) is 132 Å². The largest absolute Gasteiger partial charge is 0.379 e. The van der Waals surface area contributed by atoms with Crippen LogP contribution in [0, 0.1) is 6.92 Å². The van der Waals surface area contributed by atoms with Crippen LogP contribution >= 0.6 is 34.8 Å². The number of nitrogens with zero attached hydrogens (tertiary/aromatic N) is 4. The number of imidazole rings is 1. The van der Waals surface area contributed by atoms with Crippen LogP contribution in [0.5, 0.6) is 0 Å². The summed E-state index contributed by atoms with van der Waals surface area (Å²) < 4.78 is 33.9. The van der Waals surface area contributed by atoms with Gasteiger partial charge in [0.05, 0.1) is 28.5 Å². The average molecular weight is 830 g/mol. The van der Waals surface area contributed by atoms with Crippen molar-refractivity contribution in [2.45, 2.75) is 80.9 Å². The van der Waals surface area contributed by atoms with Crippen molar-refractivity contribution in [2.24, 2.45) is 0 Å². The third-order valence-corrected chi connectivity index (χ3v) is 20.5. The van der Waals surface area contributed by atoms with E-state index < -0.39 is 22.6 Å². The number of rotatable bonds is 11. The Morgan fingerprint density at radius 3 is 2.09 bits per heavy atom. The van der Waals surface area contributed by atoms with Crippen LogP contribution in [-0.4, -0.2) is 45.6 Å². The monoisotopic (exact) mass is 828 g/mol. The third kappa shape index (κ3) is 7.10. The summed E-state index contributed by atoms with van der Waals surface area (Å²) in [5.41, 5.74) is 9.00. The zero-order chi connectivity index (χ0) is 39.4. The maximum Gasteiger partial charge on any atom is 0.264 e. The van der Waals surface area contributed by atoms with Crippen LogP contribution in [-0.2, 0) is 16.6 Å². The number of hydrogen-bond donors (Lipinski definition) is 0. The molecule has 3 heterocycles. The molecule has 1 aliphatic heterocycles. The average Bonchev–Trinajstić information content (AvgIpc) is 3.85. The van der Waals surface area contributed by atoms with Crippen LogP contribution in [0.4, 0.5) is 0 Å². The Labute approximate surface area is 341 Å². The smallest absolute Gasteiger partial charge is 0.264 e. The van der Waals surface area contributed by atoms with Gasteiger partial charge < -0.3 is 8.80 Å². The number of fused-ring (bicyclic) bond motifs is 1. The van der Waals surface area contributed by atoms with Crippen molar-refractivity contribution in [3.05, 3.63) is 149 Å². The number of alkyl halides is 2. The first-order valence-electron chi connectivity index (χ1n) is 18.8. The van der Waals surface area contributed by atoms with Gasteiger partial charge in [0.15, 0.2) is 12.6 Å². The fourth-order valence-corrected chi connectivity index (χ4v) is 17.4. The second-order valence-electron chi connectivity index (χ2n) is 15.6. The summed E-state index contributed by atoms with van der Waals surface area (Å²) in [7, 11) is -6.10. The van der Waals surface area contributed by atoms with Crippen molar-refractivity contribution in [1.29, 1.82) is 0 Å². The zero-order valence-electron chi connectivity index (χ0n) is 32.3. The van der Waals surface area contributed by atoms with Gasteiger partial charge in [0.2, 0.25) is 0 Å². The van der Waals surface area contributed by atoms with Crippen LogP contribution in [0.2, 0.25) is 21.6 Å². The van der Waals surface area contributed by atoms with E-state index in [9.17, 15) is 8.42 Å². The quantitative estimate of drug-likeness (QED) is 0.0984. The summed E-state index contributed by atoms with van der Waals surface area (Å²) >= 11 is 19.8. The van der Waals surface area contributed by atoms with Gasteiger partial charge in [-0.1, -0.05) is 143 Å². The summed E-state index contributed by atoms with van der Waals surface area (Å²) in [5, 5.41) is 0.652. The van der Waals surface area contributed by atoms with E-state index in [1.54, 1.807) is 24.3 Å². The minimum atomic E-state index is -4.02. The van der Waals surface area contributed by atoms with Crippen LogP contribution in [0.1, 0.15) is 58.4 Å². The molecule has 7 rings (SSSR count). The van der Waals surface area contributed by atoms with Gasteiger partial charge in [0.1, 0.15) is 5.82 Å². The Hall–Kier alpha value is -3.79. The lowest BCUT2D eigenvalue weighted by Crippen LogP contribution is -2.51. The highest BCUT2D eigenvalue weighted by Crippen LogP contribution is 2.48. The molecule has 1 aliphatic carbocycles. The number of halogens is 3. The SMILES string of the molecule is Cc1ccc(S(=O)(=O)N2CC(c3c(-c4ccccc4)nc(-c4ccn([Si](C(C)C)(C(C)C)C(C)C)c4)n3Cc3ccc(Cl)cc3)=C3C=CC(Cl)(Cl)C=C32)cc1. The Kier molecular flexibility index (Phi) is 10.7. The second kappa shape index (κ2) is 14.9. The zero-order valence-corrected chi connectivity index (χ0v) is 36.3. The van der Waals surface area contributed by atoms with E-state index >= 15 is 0 Å². The summed E-state index contributed by atoms with van der Waals surface area (Å²) in [6.45, 7) is 16.6. The first kappa shape index (κ1) is 39.4. The molecule has 0 saturated heterocycles. The Morgan fingerprint density at radius 1 is 0.836 bits per heavy atom. The molecule has 5 aromatic rings. The van der Waals surface area contributed by atoms with Crippen molar-refractivity contribution in [3.63, 3.8) is 0 Å². The fraction of sp³-hybridized carbons (Fsp3) is 0.295. The van der Waals surface area contributed by atoms with Gasteiger partial charge in [-0.05, 0) is 77.8 Å². The van der Waals surface area contributed by atoms with E-state index in [4.69, 9.17) is 39.8 Å². The van der Waals surface area contributed by atoms with Gasteiger partial charge in [-0.25, -0.2) is 13.4 Å². The fourth-order valence-electron chi connectivity index (χ4n) is 8.98. The van der Waals surface area contributed by atoms with E-state index in [0.717, 1.165) is 50.6 Å². The van der Waals surface area contributed by atoms with E-state index in [1.165, 1.54) is 4.31 Å². The number of hydrogen-bond acceptors (Lipinski definition) is 3. The topological polar surface area (TPSA) is 60.1 Å². The normalized spacial score (nSPS) is 15.8. The second-order valence-corrected chi connectivity index (χ2v) is 25.1. The molecular formula is C44H47Cl3N4O2SSi. The highest BCUT2D eigenvalue weighted by Gasteiger charge is 2.45. The van der Waals surface area contributed by atoms with Crippen molar-refractivity contribution >= 4 is 58.6 Å². The first-order chi connectivity index (χ1) is 26.0. The molecule has 3 aromatic carbocycles. The van der Waals surface area contributed by atoms with E-state index in [1.807, 2.05) is 67.6 Å². The molecular weight excluding hydrogens is 783 g/mol. The number of aryl methyl sites for hydroxylation is 1. The van der Waals surface area contributed by atoms with Crippen molar-refractivity contribution < 1.29 is 8.42 Å². The Morgan fingerprint density at radius 2 is 1.47 bits per heavy atom. The van der Waals surface area contributed by atoms with Crippen LogP contribution in [0.3, 0.4) is 0 Å². The highest BCUT2D eigenvalue weighted by atomic mass is 35.5. The predicted octanol–water partition coefficient (Wildman–Crippen LogP) is 12.1. The van der Waals surface area contributed by atoms with Crippen molar-refractivity contribution in [3.8, 4) is 22.6 Å². The van der Waals surface area contributed by atoms with Gasteiger partial charge in [-0.15, -0.1) is 0 Å². The molecule has 2 aromatic heterocycles. The van der Waals surface area contributed by atoms with Gasteiger partial charge in [-0.2, -0.15) is 0 Å². The molecule has 0 N–H and O–H groups in total. The van der Waals surface area contributed by atoms with E-state index in [2.05, 4.69) is 80.9 Å². The molecule has 55 heavy (non-hydrogen) atoms. The molecule has 11 heteroatoms. The molecule has 0 saturated carbocycles. The van der Waals surface area contributed by atoms with E-state index in [0.29, 0.717) is 33.9 Å². The van der Waals surface area contributed by atoms with Gasteiger partial charge >= 0.3 is 0 Å². The van der Waals surface area contributed by atoms with Crippen molar-refractivity contribution in [1.82, 2.24) is 18.1 Å². The van der Waals surface area contributed by atoms with Gasteiger partial charge in [-0.3, -0.25) is 4.31 Å². The maximum absolute atomic E-state index is 14.6. The highest BCUT2D eigenvalue weighted by molar-refractivity contribution is 7.89. The standard InChI is InChI=1S/C44H47Cl3N4O2SSi/c1-29(2)55(30(3)4,31(5)6)49-24-22-35(27-49)43-48-41(34-11-9-8-10-12-34)42(50(43)26-33-15-17-36(45)18-16-33)39-28-51(40-25-44(46,47)23-21-38(39)40)54(52,53)37-19-13-32(7)14-20-37/h8-25,27,29-31H,26,28H2,1-7H3. The first-order valence-corrected chi connectivity index (χ1v) is 23.5. The molecule has 2 aliphatic rings. The molecule has 6 nitrogen and oxygen atoms in total. The molecule has 0 spiro atoms. The van der Waals surface area contributed by atoms with Crippen LogP contribution < -0.4 is 0 Å². The number of sulfonamides is 1. The maximum atomic E-state index is 14.6. The predicted molar refractivity (Wildman–Crippen MR) is 232 cm³/mol. The summed E-state index contributed by atoms with van der Waals surface area (Å²) in [6.07, 6.45) is 9.74. The number of aromatic nitrogens is 3. The number of allylic oxidation sites excluding steroid dienone is 3. The minimum absolute atomic E-state index is 0.0578. The summed E-state index contributed by atoms with van der Waals surface area (Å²) in [5.74, 6) is 0.795. The van der Waals surface area contributed by atoms with Gasteiger partial charge in [0, 0.05) is 40.0 Å². The summed E-state index contributed by atoms with van der Waals surface area (Å²) in [4.78, 5) is 5.69. The summed E-state index contributed by atoms with van der Waals surface area (Å²) in [6, 6.07) is 27.1. The lowest BCUT2D eigenvalue weighted by atomic mass is 9.98. The lowest BCUT2D eigenvalue weighted by Gasteiger charge is -2.44. The van der Waals surface area contributed by atoms with Gasteiger partial charge in [0.25, 0.3) is 10.0 Å². The lowest BCUT2D eigenvalue weighted by molar-refractivity contribution is 0.518. The Balaban J connectivity index is 1.51. The third-order valence-electron chi connectivity index (χ3n) is 11.3. The molecule has 0 fully saturated rings. The van der Waals surface area contributed by atoms with E-state index in [-0.39, 0.29) is 11.4 Å². The molecule has 0 unspecified atom stereocenters. The Bertz CT molecular complexity index is 2400.